The predicted octanol–water partition coefficient (Wildman–Crippen LogP) is 2.76. The lowest BCUT2D eigenvalue weighted by atomic mass is 10.0. The molecule has 0 fully saturated rings. The van der Waals surface area contributed by atoms with Gasteiger partial charge in [0.15, 0.2) is 0 Å². The summed E-state index contributed by atoms with van der Waals surface area (Å²) in [4.78, 5) is 0. The molecule has 0 spiro atoms. The van der Waals surface area contributed by atoms with Crippen LogP contribution in [0.5, 0.6) is 0 Å². The predicted molar refractivity (Wildman–Crippen MR) is 51.9 cm³/mol. The molecule has 0 saturated heterocycles. The van der Waals surface area contributed by atoms with E-state index in [1.807, 2.05) is 0 Å². The summed E-state index contributed by atoms with van der Waals surface area (Å²) in [5.74, 6) is -0.879. The molecule has 0 aliphatic carbocycles. The van der Waals surface area contributed by atoms with Gasteiger partial charge >= 0.3 is 0 Å². The van der Waals surface area contributed by atoms with Crippen LogP contribution in [-0.4, -0.2) is 13.0 Å². The van der Waals surface area contributed by atoms with E-state index >= 15 is 0 Å². The zero-order valence-electron chi connectivity index (χ0n) is 6.88. The zero-order valence-corrected chi connectivity index (χ0v) is 8.47. The highest BCUT2D eigenvalue weighted by Crippen LogP contribution is 2.28. The molecule has 1 nitrogen and oxygen atoms in total. The normalized spacial score (nSPS) is 13.3. The van der Waals surface area contributed by atoms with Gasteiger partial charge in [-0.15, -0.1) is 0 Å². The number of alkyl halides is 2. The fourth-order valence-corrected chi connectivity index (χ4v) is 1.72. The van der Waals surface area contributed by atoms with E-state index in [1.54, 1.807) is 24.3 Å². The van der Waals surface area contributed by atoms with Crippen LogP contribution in [0, 0.1) is 0 Å². The molecule has 0 saturated carbocycles. The van der Waals surface area contributed by atoms with Crippen LogP contribution >= 0.6 is 15.9 Å². The maximum Gasteiger partial charge on any atom is 0.246 e. The van der Waals surface area contributed by atoms with Crippen molar-refractivity contribution >= 4 is 15.9 Å². The lowest BCUT2D eigenvalue weighted by molar-refractivity contribution is 0.117. The van der Waals surface area contributed by atoms with E-state index in [2.05, 4.69) is 15.9 Å². The van der Waals surface area contributed by atoms with Gasteiger partial charge in [-0.2, -0.15) is 0 Å². The molecule has 13 heavy (non-hydrogen) atoms. The minimum Gasteiger partial charge on any atom is -0.330 e. The van der Waals surface area contributed by atoms with Crippen LogP contribution in [0.2, 0.25) is 0 Å². The van der Waals surface area contributed by atoms with Crippen molar-refractivity contribution in [2.75, 3.05) is 6.54 Å². The number of benzene rings is 1. The third-order valence-electron chi connectivity index (χ3n) is 1.86. The second kappa shape index (κ2) is 4.67. The smallest absolute Gasteiger partial charge is 0.246 e. The average molecular weight is 250 g/mol. The molecule has 0 aliphatic rings. The quantitative estimate of drug-likeness (QED) is 0.876. The maximum atomic E-state index is 12.5. The molecule has 0 aromatic heterocycles. The molecule has 1 aromatic rings. The maximum absolute atomic E-state index is 12.5. The van der Waals surface area contributed by atoms with Crippen molar-refractivity contribution in [3.05, 3.63) is 34.3 Å². The Morgan fingerprint density at radius 3 is 2.38 bits per heavy atom. The SMILES string of the molecule is NCC(c1ccccc1Br)C(F)F. The summed E-state index contributed by atoms with van der Waals surface area (Å²) in [6.07, 6.45) is -2.41. The summed E-state index contributed by atoms with van der Waals surface area (Å²) < 4.78 is 25.6. The standard InChI is InChI=1S/C9H10BrF2N/c10-8-4-2-1-3-6(8)7(5-13)9(11)12/h1-4,7,9H,5,13H2. The zero-order chi connectivity index (χ0) is 9.84. The van der Waals surface area contributed by atoms with Crippen molar-refractivity contribution in [1.29, 1.82) is 0 Å². The van der Waals surface area contributed by atoms with Crippen molar-refractivity contribution in [1.82, 2.24) is 0 Å². The molecule has 2 N–H and O–H groups in total. The van der Waals surface area contributed by atoms with Crippen LogP contribution in [0.3, 0.4) is 0 Å². The average Bonchev–Trinajstić information content (AvgIpc) is 2.09. The molecule has 0 aliphatic heterocycles. The topological polar surface area (TPSA) is 26.0 Å². The highest BCUT2D eigenvalue weighted by molar-refractivity contribution is 9.10. The van der Waals surface area contributed by atoms with E-state index in [0.717, 1.165) is 0 Å². The second-order valence-electron chi connectivity index (χ2n) is 2.70. The summed E-state index contributed by atoms with van der Waals surface area (Å²) in [6, 6.07) is 6.91. The first kappa shape index (κ1) is 10.6. The van der Waals surface area contributed by atoms with Crippen molar-refractivity contribution in [2.24, 2.45) is 5.73 Å². The van der Waals surface area contributed by atoms with Gasteiger partial charge in [0, 0.05) is 11.0 Å². The van der Waals surface area contributed by atoms with Crippen molar-refractivity contribution in [3.63, 3.8) is 0 Å². The van der Waals surface area contributed by atoms with Gasteiger partial charge in [0.25, 0.3) is 0 Å². The minimum atomic E-state index is -2.41. The summed E-state index contributed by atoms with van der Waals surface area (Å²) in [6.45, 7) is -0.0414. The molecule has 0 bridgehead atoms. The van der Waals surface area contributed by atoms with Gasteiger partial charge in [0.2, 0.25) is 6.43 Å². The number of nitrogens with two attached hydrogens (primary N) is 1. The lowest BCUT2D eigenvalue weighted by Gasteiger charge is -2.15. The number of rotatable bonds is 3. The Morgan fingerprint density at radius 1 is 1.31 bits per heavy atom. The van der Waals surface area contributed by atoms with Gasteiger partial charge < -0.3 is 5.73 Å². The Morgan fingerprint density at radius 2 is 1.92 bits per heavy atom. The first-order chi connectivity index (χ1) is 6.16. The summed E-state index contributed by atoms with van der Waals surface area (Å²) in [5.41, 5.74) is 5.84. The van der Waals surface area contributed by atoms with Crippen LogP contribution in [0.15, 0.2) is 28.7 Å². The van der Waals surface area contributed by atoms with Crippen LogP contribution in [0.1, 0.15) is 11.5 Å². The summed E-state index contributed by atoms with van der Waals surface area (Å²) in [5, 5.41) is 0. The molecule has 0 heterocycles. The number of halogens is 3. The molecule has 0 radical (unpaired) electrons. The monoisotopic (exact) mass is 249 g/mol. The minimum absolute atomic E-state index is 0.0414. The molecule has 1 atom stereocenters. The second-order valence-corrected chi connectivity index (χ2v) is 3.55. The van der Waals surface area contributed by atoms with Gasteiger partial charge in [-0.3, -0.25) is 0 Å². The Balaban J connectivity index is 2.97. The lowest BCUT2D eigenvalue weighted by Crippen LogP contribution is -2.19. The van der Waals surface area contributed by atoms with Gasteiger partial charge in [-0.1, -0.05) is 34.1 Å². The van der Waals surface area contributed by atoms with Gasteiger partial charge in [-0.05, 0) is 11.6 Å². The van der Waals surface area contributed by atoms with Crippen molar-refractivity contribution in [3.8, 4) is 0 Å². The number of hydrogen-bond donors (Lipinski definition) is 1. The molecule has 0 amide bonds. The molecule has 1 aromatic carbocycles. The highest BCUT2D eigenvalue weighted by atomic mass is 79.9. The first-order valence-electron chi connectivity index (χ1n) is 3.89. The Hall–Kier alpha value is -0.480. The molecule has 1 unspecified atom stereocenters. The van der Waals surface area contributed by atoms with E-state index in [0.29, 0.717) is 10.0 Å². The van der Waals surface area contributed by atoms with E-state index in [1.165, 1.54) is 0 Å². The van der Waals surface area contributed by atoms with Gasteiger partial charge in [0.1, 0.15) is 0 Å². The summed E-state index contributed by atoms with van der Waals surface area (Å²) in [7, 11) is 0. The van der Waals surface area contributed by atoms with Gasteiger partial charge in [0.05, 0.1) is 5.92 Å². The third-order valence-corrected chi connectivity index (χ3v) is 2.58. The molecule has 1 rings (SSSR count). The van der Waals surface area contributed by atoms with Crippen LogP contribution < -0.4 is 5.73 Å². The fraction of sp³-hybridized carbons (Fsp3) is 0.333. The highest BCUT2D eigenvalue weighted by Gasteiger charge is 2.22. The molecule has 4 heteroatoms. The molecular weight excluding hydrogens is 240 g/mol. The molecule has 72 valence electrons. The molecular formula is C9H10BrF2N. The van der Waals surface area contributed by atoms with Crippen LogP contribution in [0.25, 0.3) is 0 Å². The Kier molecular flexibility index (Phi) is 3.81. The van der Waals surface area contributed by atoms with E-state index < -0.39 is 12.3 Å². The van der Waals surface area contributed by atoms with E-state index in [4.69, 9.17) is 5.73 Å². The Bertz CT molecular complexity index is 278. The third kappa shape index (κ3) is 2.48. The van der Waals surface area contributed by atoms with E-state index in [-0.39, 0.29) is 6.54 Å². The van der Waals surface area contributed by atoms with Crippen LogP contribution in [-0.2, 0) is 0 Å². The number of hydrogen-bond acceptors (Lipinski definition) is 1. The summed E-state index contributed by atoms with van der Waals surface area (Å²) >= 11 is 3.22. The van der Waals surface area contributed by atoms with E-state index in [9.17, 15) is 8.78 Å². The Labute approximate surface area is 84.1 Å². The van der Waals surface area contributed by atoms with Crippen molar-refractivity contribution < 1.29 is 8.78 Å². The van der Waals surface area contributed by atoms with Gasteiger partial charge in [-0.25, -0.2) is 8.78 Å². The fourth-order valence-electron chi connectivity index (χ4n) is 1.14. The largest absolute Gasteiger partial charge is 0.330 e. The van der Waals surface area contributed by atoms with Crippen molar-refractivity contribution in [2.45, 2.75) is 12.3 Å². The van der Waals surface area contributed by atoms with Crippen LogP contribution in [0.4, 0.5) is 8.78 Å². The first-order valence-corrected chi connectivity index (χ1v) is 4.68.